The molecule has 0 aliphatic heterocycles. The Balaban J connectivity index is 1.68. The number of anilines is 2. The maximum absolute atomic E-state index is 12.6. The highest BCUT2D eigenvalue weighted by Gasteiger charge is 2.14. The Kier molecular flexibility index (Phi) is 5.30. The summed E-state index contributed by atoms with van der Waals surface area (Å²) in [7, 11) is 1.84. The molecule has 4 rings (SSSR count). The molecule has 8 nitrogen and oxygen atoms in total. The number of pyridine rings is 2. The molecule has 4 aromatic rings. The van der Waals surface area contributed by atoms with Crippen LogP contribution in [0, 0.1) is 0 Å². The molecule has 0 aliphatic rings. The summed E-state index contributed by atoms with van der Waals surface area (Å²) in [5.41, 5.74) is 2.79. The Labute approximate surface area is 173 Å². The van der Waals surface area contributed by atoms with Crippen LogP contribution < -0.4 is 16.2 Å². The molecule has 8 heteroatoms. The monoisotopic (exact) mass is 402 g/mol. The van der Waals surface area contributed by atoms with Crippen molar-refractivity contribution in [3.05, 3.63) is 71.0 Å². The van der Waals surface area contributed by atoms with Gasteiger partial charge in [0.1, 0.15) is 5.82 Å². The van der Waals surface area contributed by atoms with Gasteiger partial charge in [-0.05, 0) is 36.8 Å². The second-order valence-electron chi connectivity index (χ2n) is 6.98. The molecule has 3 heterocycles. The summed E-state index contributed by atoms with van der Waals surface area (Å²) in [6, 6.07) is 8.92. The lowest BCUT2D eigenvalue weighted by Gasteiger charge is -2.11. The largest absolute Gasteiger partial charge is 0.352 e. The number of aromatic nitrogens is 4. The smallest absolute Gasteiger partial charge is 0.259 e. The zero-order valence-corrected chi connectivity index (χ0v) is 16.8. The summed E-state index contributed by atoms with van der Waals surface area (Å²) < 4.78 is 1.71. The Morgan fingerprint density at radius 3 is 2.67 bits per heavy atom. The van der Waals surface area contributed by atoms with Crippen LogP contribution in [0.3, 0.4) is 0 Å². The van der Waals surface area contributed by atoms with E-state index in [2.05, 4.69) is 25.7 Å². The van der Waals surface area contributed by atoms with Gasteiger partial charge in [-0.2, -0.15) is 5.10 Å². The first kappa shape index (κ1) is 19.4. The van der Waals surface area contributed by atoms with E-state index < -0.39 is 0 Å². The van der Waals surface area contributed by atoms with Crippen molar-refractivity contribution in [3.63, 3.8) is 0 Å². The summed E-state index contributed by atoms with van der Waals surface area (Å²) in [4.78, 5) is 31.9. The van der Waals surface area contributed by atoms with E-state index in [-0.39, 0.29) is 11.5 Å². The molecular formula is C22H22N6O2. The number of carbonyl (C=O) groups excluding carboxylic acids is 1. The normalized spacial score (nSPS) is 10.9. The standard InChI is InChI=1S/C22H22N6O2/c1-3-9-23-21(29)14-4-6-16(7-5-14)27-20-19-17(8-10-24-22(19)30)18(12-25-20)15-11-26-28(2)13-15/h4-8,10-13H,3,9H2,1-2H3,(H,23,29)(H,24,30)(H,25,27). The van der Waals surface area contributed by atoms with Crippen LogP contribution in [0.2, 0.25) is 0 Å². The van der Waals surface area contributed by atoms with Gasteiger partial charge in [-0.15, -0.1) is 0 Å². The summed E-state index contributed by atoms with van der Waals surface area (Å²) in [6.45, 7) is 2.65. The van der Waals surface area contributed by atoms with E-state index in [1.54, 1.807) is 47.5 Å². The number of amides is 1. The number of rotatable bonds is 6. The quantitative estimate of drug-likeness (QED) is 0.459. The molecule has 3 N–H and O–H groups in total. The molecule has 3 aromatic heterocycles. The van der Waals surface area contributed by atoms with Crippen molar-refractivity contribution in [3.8, 4) is 11.1 Å². The van der Waals surface area contributed by atoms with Gasteiger partial charge in [0.05, 0.1) is 11.6 Å². The molecule has 0 fully saturated rings. The van der Waals surface area contributed by atoms with Gasteiger partial charge >= 0.3 is 0 Å². The van der Waals surface area contributed by atoms with E-state index in [4.69, 9.17) is 0 Å². The second kappa shape index (κ2) is 8.20. The molecule has 0 radical (unpaired) electrons. The fourth-order valence-electron chi connectivity index (χ4n) is 3.27. The van der Waals surface area contributed by atoms with Gasteiger partial charge in [0.15, 0.2) is 0 Å². The first-order valence-corrected chi connectivity index (χ1v) is 9.71. The second-order valence-corrected chi connectivity index (χ2v) is 6.98. The van der Waals surface area contributed by atoms with Gasteiger partial charge in [-0.25, -0.2) is 4.98 Å². The lowest BCUT2D eigenvalue weighted by Crippen LogP contribution is -2.23. The van der Waals surface area contributed by atoms with Crippen LogP contribution in [0.15, 0.2) is 59.9 Å². The Hall–Kier alpha value is -3.94. The summed E-state index contributed by atoms with van der Waals surface area (Å²) in [6.07, 6.45) is 7.86. The Bertz CT molecular complexity index is 1260. The molecule has 0 bridgehead atoms. The number of hydrogen-bond donors (Lipinski definition) is 3. The Morgan fingerprint density at radius 2 is 1.97 bits per heavy atom. The van der Waals surface area contributed by atoms with Crippen molar-refractivity contribution in [1.82, 2.24) is 25.1 Å². The van der Waals surface area contributed by atoms with Gasteiger partial charge in [-0.1, -0.05) is 6.92 Å². The number of nitrogens with zero attached hydrogens (tertiary/aromatic N) is 3. The summed E-state index contributed by atoms with van der Waals surface area (Å²) >= 11 is 0. The average Bonchev–Trinajstić information content (AvgIpc) is 3.18. The number of carbonyl (C=O) groups is 1. The topological polar surface area (TPSA) is 105 Å². The highest BCUT2D eigenvalue weighted by Crippen LogP contribution is 2.30. The molecule has 0 saturated heterocycles. The van der Waals surface area contributed by atoms with E-state index in [0.29, 0.717) is 23.3 Å². The van der Waals surface area contributed by atoms with Gasteiger partial charge in [0, 0.05) is 59.9 Å². The highest BCUT2D eigenvalue weighted by molar-refractivity contribution is 6.02. The molecule has 0 atom stereocenters. The van der Waals surface area contributed by atoms with Gasteiger partial charge in [-0.3, -0.25) is 14.3 Å². The van der Waals surface area contributed by atoms with Crippen molar-refractivity contribution < 1.29 is 4.79 Å². The molecule has 1 amide bonds. The Morgan fingerprint density at radius 1 is 1.17 bits per heavy atom. The predicted molar refractivity (Wildman–Crippen MR) is 117 cm³/mol. The van der Waals surface area contributed by atoms with E-state index >= 15 is 0 Å². The van der Waals surface area contributed by atoms with Crippen LogP contribution in [0.4, 0.5) is 11.5 Å². The first-order chi connectivity index (χ1) is 14.6. The average molecular weight is 402 g/mol. The van der Waals surface area contributed by atoms with Crippen LogP contribution in [-0.4, -0.2) is 32.2 Å². The lowest BCUT2D eigenvalue weighted by atomic mass is 10.0. The summed E-state index contributed by atoms with van der Waals surface area (Å²) in [5, 5.41) is 11.5. The molecule has 0 saturated carbocycles. The third-order valence-electron chi connectivity index (χ3n) is 4.77. The zero-order chi connectivity index (χ0) is 21.1. The number of fused-ring (bicyclic) bond motifs is 1. The fraction of sp³-hybridized carbons (Fsp3) is 0.182. The van der Waals surface area contributed by atoms with Crippen molar-refractivity contribution in [2.24, 2.45) is 7.05 Å². The SMILES string of the molecule is CCCNC(=O)c1ccc(Nc2ncc(-c3cnn(C)c3)c3cc[nH]c(=O)c23)cc1. The zero-order valence-electron chi connectivity index (χ0n) is 16.8. The molecule has 152 valence electrons. The van der Waals surface area contributed by atoms with E-state index in [0.717, 1.165) is 28.6 Å². The molecule has 1 aromatic carbocycles. The first-order valence-electron chi connectivity index (χ1n) is 9.71. The predicted octanol–water partition coefficient (Wildman–Crippen LogP) is 3.21. The minimum Gasteiger partial charge on any atom is -0.352 e. The van der Waals surface area contributed by atoms with Crippen LogP contribution >= 0.6 is 0 Å². The van der Waals surface area contributed by atoms with Crippen molar-refractivity contribution in [2.45, 2.75) is 13.3 Å². The summed E-state index contributed by atoms with van der Waals surface area (Å²) in [5.74, 6) is 0.340. The van der Waals surface area contributed by atoms with Crippen LogP contribution in [-0.2, 0) is 7.05 Å². The minimum absolute atomic E-state index is 0.107. The third-order valence-corrected chi connectivity index (χ3v) is 4.77. The minimum atomic E-state index is -0.233. The van der Waals surface area contributed by atoms with Gasteiger partial charge in [0.2, 0.25) is 0 Å². The van der Waals surface area contributed by atoms with Crippen molar-refractivity contribution in [1.29, 1.82) is 0 Å². The lowest BCUT2D eigenvalue weighted by molar-refractivity contribution is 0.0953. The van der Waals surface area contributed by atoms with Gasteiger partial charge < -0.3 is 15.6 Å². The molecule has 0 aliphatic carbocycles. The van der Waals surface area contributed by atoms with E-state index in [1.165, 1.54) is 0 Å². The third kappa shape index (κ3) is 3.80. The number of H-pyrrole nitrogens is 1. The van der Waals surface area contributed by atoms with E-state index in [1.807, 2.05) is 26.2 Å². The van der Waals surface area contributed by atoms with E-state index in [9.17, 15) is 9.59 Å². The van der Waals surface area contributed by atoms with Gasteiger partial charge in [0.25, 0.3) is 11.5 Å². The number of benzene rings is 1. The number of aromatic amines is 1. The van der Waals surface area contributed by atoms with Crippen LogP contribution in [0.25, 0.3) is 21.9 Å². The maximum atomic E-state index is 12.6. The maximum Gasteiger partial charge on any atom is 0.259 e. The number of nitrogens with one attached hydrogen (secondary N) is 3. The number of hydrogen-bond acceptors (Lipinski definition) is 5. The number of aryl methyl sites for hydroxylation is 1. The van der Waals surface area contributed by atoms with Crippen LogP contribution in [0.1, 0.15) is 23.7 Å². The highest BCUT2D eigenvalue weighted by atomic mass is 16.1. The molecule has 30 heavy (non-hydrogen) atoms. The molecular weight excluding hydrogens is 380 g/mol. The molecule has 0 spiro atoms. The van der Waals surface area contributed by atoms with Crippen LogP contribution in [0.5, 0.6) is 0 Å². The van der Waals surface area contributed by atoms with Crippen molar-refractivity contribution >= 4 is 28.2 Å². The van der Waals surface area contributed by atoms with Crippen molar-refractivity contribution in [2.75, 3.05) is 11.9 Å². The fourth-order valence-corrected chi connectivity index (χ4v) is 3.27. The molecule has 0 unspecified atom stereocenters.